The topological polar surface area (TPSA) is 0 Å². The Labute approximate surface area is 120 Å². The fourth-order valence-electron chi connectivity index (χ4n) is 4.62. The molecule has 0 aliphatic heterocycles. The molecule has 0 aromatic heterocycles. The Bertz CT molecular complexity index is 454. The SMILES string of the molecule is Fc1cccc(C2(C3CCCCC3)CCCCC2)c1F. The van der Waals surface area contributed by atoms with Gasteiger partial charge in [0.05, 0.1) is 0 Å². The molecule has 2 fully saturated rings. The van der Waals surface area contributed by atoms with Crippen molar-refractivity contribution >= 4 is 0 Å². The van der Waals surface area contributed by atoms with E-state index in [0.29, 0.717) is 11.5 Å². The molecule has 0 atom stereocenters. The van der Waals surface area contributed by atoms with Crippen LogP contribution in [0.3, 0.4) is 0 Å². The quantitative estimate of drug-likeness (QED) is 0.646. The third-order valence-electron chi connectivity index (χ3n) is 5.62. The highest BCUT2D eigenvalue weighted by molar-refractivity contribution is 5.30. The van der Waals surface area contributed by atoms with Gasteiger partial charge in [0.2, 0.25) is 0 Å². The van der Waals surface area contributed by atoms with Crippen LogP contribution in [0.1, 0.15) is 69.8 Å². The van der Waals surface area contributed by atoms with Crippen LogP contribution >= 0.6 is 0 Å². The largest absolute Gasteiger partial charge is 0.204 e. The highest BCUT2D eigenvalue weighted by Gasteiger charge is 2.43. The summed E-state index contributed by atoms with van der Waals surface area (Å²) in [5.41, 5.74) is 0.578. The summed E-state index contributed by atoms with van der Waals surface area (Å²) in [6, 6.07) is 4.78. The molecule has 0 saturated heterocycles. The third kappa shape index (κ3) is 2.38. The van der Waals surface area contributed by atoms with Crippen molar-refractivity contribution in [1.29, 1.82) is 0 Å². The van der Waals surface area contributed by atoms with Crippen LogP contribution in [-0.4, -0.2) is 0 Å². The first kappa shape index (κ1) is 14.0. The number of rotatable bonds is 2. The minimum absolute atomic E-state index is 0.0924. The zero-order valence-electron chi connectivity index (χ0n) is 12.1. The Morgan fingerprint density at radius 1 is 0.850 bits per heavy atom. The summed E-state index contributed by atoms with van der Waals surface area (Å²) in [4.78, 5) is 0. The molecule has 0 radical (unpaired) electrons. The van der Waals surface area contributed by atoms with Gasteiger partial charge >= 0.3 is 0 Å². The van der Waals surface area contributed by atoms with Gasteiger partial charge in [0, 0.05) is 5.41 Å². The fraction of sp³-hybridized carbons (Fsp3) is 0.667. The average molecular weight is 278 g/mol. The van der Waals surface area contributed by atoms with Gasteiger partial charge in [-0.05, 0) is 43.2 Å². The third-order valence-corrected chi connectivity index (χ3v) is 5.62. The van der Waals surface area contributed by atoms with Gasteiger partial charge in [-0.1, -0.05) is 50.7 Å². The maximum absolute atomic E-state index is 14.4. The number of hydrogen-bond donors (Lipinski definition) is 0. The molecule has 1 aromatic rings. The molecular formula is C18H24F2. The lowest BCUT2D eigenvalue weighted by molar-refractivity contribution is 0.143. The fourth-order valence-corrected chi connectivity index (χ4v) is 4.62. The van der Waals surface area contributed by atoms with E-state index in [0.717, 1.165) is 25.7 Å². The Balaban J connectivity index is 2.02. The lowest BCUT2D eigenvalue weighted by Crippen LogP contribution is -2.39. The summed E-state index contributed by atoms with van der Waals surface area (Å²) in [7, 11) is 0. The molecule has 0 N–H and O–H groups in total. The Hall–Kier alpha value is -0.920. The van der Waals surface area contributed by atoms with Gasteiger partial charge in [0.25, 0.3) is 0 Å². The van der Waals surface area contributed by atoms with Crippen molar-refractivity contribution in [2.75, 3.05) is 0 Å². The molecule has 0 bridgehead atoms. The smallest absolute Gasteiger partial charge is 0.162 e. The van der Waals surface area contributed by atoms with E-state index in [-0.39, 0.29) is 5.41 Å². The van der Waals surface area contributed by atoms with Gasteiger partial charge < -0.3 is 0 Å². The molecule has 110 valence electrons. The Kier molecular flexibility index (Phi) is 4.09. The van der Waals surface area contributed by atoms with Crippen LogP contribution in [0.4, 0.5) is 8.78 Å². The van der Waals surface area contributed by atoms with Crippen LogP contribution in [0, 0.1) is 17.6 Å². The van der Waals surface area contributed by atoms with E-state index in [9.17, 15) is 8.78 Å². The van der Waals surface area contributed by atoms with Crippen LogP contribution in [0.25, 0.3) is 0 Å². The van der Waals surface area contributed by atoms with Crippen molar-refractivity contribution < 1.29 is 8.78 Å². The van der Waals surface area contributed by atoms with Crippen molar-refractivity contribution in [2.24, 2.45) is 5.92 Å². The van der Waals surface area contributed by atoms with Crippen molar-refractivity contribution in [3.05, 3.63) is 35.4 Å². The first-order chi connectivity index (χ1) is 9.74. The number of benzene rings is 1. The van der Waals surface area contributed by atoms with Crippen LogP contribution in [0.15, 0.2) is 18.2 Å². The summed E-state index contributed by atoms with van der Waals surface area (Å²) in [6.45, 7) is 0. The molecule has 0 amide bonds. The highest BCUT2D eigenvalue weighted by Crippen LogP contribution is 2.50. The van der Waals surface area contributed by atoms with Gasteiger partial charge in [0.15, 0.2) is 11.6 Å². The maximum atomic E-state index is 14.4. The minimum atomic E-state index is -0.678. The van der Waals surface area contributed by atoms with Crippen LogP contribution in [-0.2, 0) is 5.41 Å². The molecule has 2 aliphatic rings. The summed E-state index contributed by atoms with van der Waals surface area (Å²) in [5.74, 6) is -0.712. The molecule has 20 heavy (non-hydrogen) atoms. The van der Waals surface area contributed by atoms with Gasteiger partial charge in [-0.15, -0.1) is 0 Å². The van der Waals surface area contributed by atoms with Crippen LogP contribution in [0.5, 0.6) is 0 Å². The standard InChI is InChI=1S/C18H24F2/c19-16-11-7-10-15(17(16)20)18(12-5-2-6-13-18)14-8-3-1-4-9-14/h7,10-11,14H,1-6,8-9,12-13H2. The predicted molar refractivity (Wildman–Crippen MR) is 77.7 cm³/mol. The molecule has 1 aromatic carbocycles. The van der Waals surface area contributed by atoms with Gasteiger partial charge in [-0.25, -0.2) is 8.78 Å². The van der Waals surface area contributed by atoms with Crippen molar-refractivity contribution in [1.82, 2.24) is 0 Å². The van der Waals surface area contributed by atoms with Crippen molar-refractivity contribution in [2.45, 2.75) is 69.6 Å². The maximum Gasteiger partial charge on any atom is 0.162 e. The van der Waals surface area contributed by atoms with Crippen molar-refractivity contribution in [3.8, 4) is 0 Å². The summed E-state index contributed by atoms with van der Waals surface area (Å²) in [6.07, 6.45) is 11.8. The van der Waals surface area contributed by atoms with E-state index < -0.39 is 11.6 Å². The lowest BCUT2D eigenvalue weighted by atomic mass is 9.58. The molecule has 2 saturated carbocycles. The van der Waals surface area contributed by atoms with Gasteiger partial charge in [-0.2, -0.15) is 0 Å². The van der Waals surface area contributed by atoms with E-state index in [1.807, 2.05) is 6.07 Å². The molecule has 2 heteroatoms. The van der Waals surface area contributed by atoms with Gasteiger partial charge in [0.1, 0.15) is 0 Å². The Morgan fingerprint density at radius 3 is 2.20 bits per heavy atom. The van der Waals surface area contributed by atoms with E-state index in [2.05, 4.69) is 0 Å². The molecule has 3 rings (SSSR count). The summed E-state index contributed by atoms with van der Waals surface area (Å²) in [5, 5.41) is 0. The molecule has 0 heterocycles. The first-order valence-corrected chi connectivity index (χ1v) is 8.18. The van der Waals surface area contributed by atoms with E-state index in [1.54, 1.807) is 6.07 Å². The van der Waals surface area contributed by atoms with E-state index >= 15 is 0 Å². The van der Waals surface area contributed by atoms with E-state index in [4.69, 9.17) is 0 Å². The molecule has 0 nitrogen and oxygen atoms in total. The van der Waals surface area contributed by atoms with Crippen molar-refractivity contribution in [3.63, 3.8) is 0 Å². The molecular weight excluding hydrogens is 254 g/mol. The normalized spacial score (nSPS) is 23.7. The number of hydrogen-bond acceptors (Lipinski definition) is 0. The summed E-state index contributed by atoms with van der Waals surface area (Å²) < 4.78 is 28.1. The zero-order chi connectivity index (χ0) is 14.0. The number of halogens is 2. The second kappa shape index (κ2) is 5.83. The predicted octanol–water partition coefficient (Wildman–Crippen LogP) is 5.75. The average Bonchev–Trinajstić information content (AvgIpc) is 2.51. The second-order valence-corrected chi connectivity index (χ2v) is 6.65. The zero-order valence-corrected chi connectivity index (χ0v) is 12.1. The first-order valence-electron chi connectivity index (χ1n) is 8.18. The molecule has 0 spiro atoms. The van der Waals surface area contributed by atoms with Crippen LogP contribution in [0.2, 0.25) is 0 Å². The highest BCUT2D eigenvalue weighted by atomic mass is 19.2. The molecule has 0 unspecified atom stereocenters. The monoisotopic (exact) mass is 278 g/mol. The lowest BCUT2D eigenvalue weighted by Gasteiger charge is -2.46. The summed E-state index contributed by atoms with van der Waals surface area (Å²) >= 11 is 0. The Morgan fingerprint density at radius 2 is 1.50 bits per heavy atom. The van der Waals surface area contributed by atoms with E-state index in [1.165, 1.54) is 44.6 Å². The minimum Gasteiger partial charge on any atom is -0.204 e. The van der Waals surface area contributed by atoms with Gasteiger partial charge in [-0.3, -0.25) is 0 Å². The second-order valence-electron chi connectivity index (χ2n) is 6.65. The van der Waals surface area contributed by atoms with Crippen LogP contribution < -0.4 is 0 Å². The molecule has 2 aliphatic carbocycles.